The van der Waals surface area contributed by atoms with Gasteiger partial charge in [-0.3, -0.25) is 4.79 Å². The number of halogens is 3. The van der Waals surface area contributed by atoms with Crippen LogP contribution in [-0.4, -0.2) is 18.5 Å². The first-order valence-electron chi connectivity index (χ1n) is 6.43. The normalized spacial score (nSPS) is 14.6. The number of benzene rings is 2. The zero-order valence-corrected chi connectivity index (χ0v) is 13.3. The molecule has 0 fully saturated rings. The highest BCUT2D eigenvalue weighted by atomic mass is 35.5. The van der Waals surface area contributed by atoms with Crippen LogP contribution >= 0.6 is 23.4 Å². The number of hydrogen-bond acceptors (Lipinski definition) is 4. The summed E-state index contributed by atoms with van der Waals surface area (Å²) in [4.78, 5) is 13.2. The van der Waals surface area contributed by atoms with E-state index in [4.69, 9.17) is 11.6 Å². The van der Waals surface area contributed by atoms with Gasteiger partial charge in [0.15, 0.2) is 11.5 Å². The highest BCUT2D eigenvalue weighted by Crippen LogP contribution is 2.42. The number of ether oxygens (including phenoxy) is 2. The minimum absolute atomic E-state index is 0.0876. The van der Waals surface area contributed by atoms with Gasteiger partial charge in [-0.25, -0.2) is 0 Å². The lowest BCUT2D eigenvalue weighted by Gasteiger charge is -2.08. The molecule has 0 atom stereocenters. The van der Waals surface area contributed by atoms with Crippen LogP contribution in [0.5, 0.6) is 11.5 Å². The molecule has 2 aromatic rings. The van der Waals surface area contributed by atoms with Crippen LogP contribution < -0.4 is 14.8 Å². The van der Waals surface area contributed by atoms with Crippen molar-refractivity contribution in [3.63, 3.8) is 0 Å². The summed E-state index contributed by atoms with van der Waals surface area (Å²) in [6.45, 7) is 0. The number of hydrogen-bond donors (Lipinski definition) is 1. The Morgan fingerprint density at radius 2 is 1.91 bits per heavy atom. The first-order chi connectivity index (χ1) is 10.9. The molecule has 3 rings (SSSR count). The van der Waals surface area contributed by atoms with E-state index in [0.717, 1.165) is 4.90 Å². The molecule has 8 heteroatoms. The van der Waals surface area contributed by atoms with Crippen molar-refractivity contribution in [1.82, 2.24) is 0 Å². The topological polar surface area (TPSA) is 47.6 Å². The average molecular weight is 358 g/mol. The van der Waals surface area contributed by atoms with Gasteiger partial charge >= 0.3 is 6.29 Å². The van der Waals surface area contributed by atoms with Crippen LogP contribution in [0.3, 0.4) is 0 Å². The number of fused-ring (bicyclic) bond motifs is 1. The minimum Gasteiger partial charge on any atom is -0.395 e. The largest absolute Gasteiger partial charge is 0.586 e. The number of amides is 1. The van der Waals surface area contributed by atoms with E-state index in [1.807, 2.05) is 6.26 Å². The van der Waals surface area contributed by atoms with E-state index in [0.29, 0.717) is 16.3 Å². The second kappa shape index (κ2) is 5.90. The number of thioether (sulfide) groups is 1. The fourth-order valence-electron chi connectivity index (χ4n) is 2.03. The van der Waals surface area contributed by atoms with Crippen LogP contribution in [0.2, 0.25) is 5.02 Å². The first-order valence-corrected chi connectivity index (χ1v) is 8.03. The van der Waals surface area contributed by atoms with Crippen LogP contribution in [0.1, 0.15) is 10.4 Å². The summed E-state index contributed by atoms with van der Waals surface area (Å²) >= 11 is 7.50. The third-order valence-corrected chi connectivity index (χ3v) is 4.13. The fourth-order valence-corrected chi connectivity index (χ4v) is 2.67. The minimum atomic E-state index is -3.69. The van der Waals surface area contributed by atoms with Crippen LogP contribution in [0.25, 0.3) is 0 Å². The lowest BCUT2D eigenvalue weighted by Crippen LogP contribution is -2.25. The van der Waals surface area contributed by atoms with Crippen molar-refractivity contribution >= 4 is 35.0 Å². The van der Waals surface area contributed by atoms with E-state index in [1.54, 1.807) is 18.2 Å². The summed E-state index contributed by atoms with van der Waals surface area (Å²) < 4.78 is 34.6. The van der Waals surface area contributed by atoms with Gasteiger partial charge in [-0.05, 0) is 36.6 Å². The number of rotatable bonds is 3. The number of anilines is 1. The van der Waals surface area contributed by atoms with Gasteiger partial charge in [-0.1, -0.05) is 11.6 Å². The number of carbonyl (C=O) groups is 1. The second-order valence-electron chi connectivity index (χ2n) is 4.63. The molecule has 1 aliphatic rings. The maximum Gasteiger partial charge on any atom is 0.586 e. The summed E-state index contributed by atoms with van der Waals surface area (Å²) in [5, 5.41) is 2.89. The van der Waals surface area contributed by atoms with Crippen molar-refractivity contribution in [3.8, 4) is 11.5 Å². The molecule has 120 valence electrons. The summed E-state index contributed by atoms with van der Waals surface area (Å²) in [6.07, 6.45) is -1.82. The zero-order valence-electron chi connectivity index (χ0n) is 11.7. The quantitative estimate of drug-likeness (QED) is 0.813. The van der Waals surface area contributed by atoms with Crippen LogP contribution in [0, 0.1) is 0 Å². The van der Waals surface area contributed by atoms with Crippen molar-refractivity contribution in [2.45, 2.75) is 11.2 Å². The molecule has 0 bridgehead atoms. The van der Waals surface area contributed by atoms with E-state index >= 15 is 0 Å². The van der Waals surface area contributed by atoms with Crippen molar-refractivity contribution in [2.75, 3.05) is 11.6 Å². The summed E-state index contributed by atoms with van der Waals surface area (Å²) in [7, 11) is 0. The van der Waals surface area contributed by atoms with Gasteiger partial charge in [-0.15, -0.1) is 20.5 Å². The molecule has 0 radical (unpaired) electrons. The molecule has 0 aromatic heterocycles. The Labute approximate surface area is 139 Å². The molecule has 1 heterocycles. The molecule has 23 heavy (non-hydrogen) atoms. The summed E-state index contributed by atoms with van der Waals surface area (Å²) in [5.41, 5.74) is 0.585. The Morgan fingerprint density at radius 3 is 2.65 bits per heavy atom. The van der Waals surface area contributed by atoms with Gasteiger partial charge in [0.2, 0.25) is 0 Å². The highest BCUT2D eigenvalue weighted by Gasteiger charge is 2.43. The molecule has 0 spiro atoms. The Hall–Kier alpha value is -1.99. The SMILES string of the molecule is CSc1ccc(Cl)c(C(=O)Nc2ccc3c(c2)OC(F)(F)O3)c1. The summed E-state index contributed by atoms with van der Waals surface area (Å²) in [5.74, 6) is -0.677. The van der Waals surface area contributed by atoms with Gasteiger partial charge in [0, 0.05) is 16.6 Å². The molecular formula is C15H10ClF2NO3S. The maximum absolute atomic E-state index is 13.0. The fraction of sp³-hybridized carbons (Fsp3) is 0.133. The lowest BCUT2D eigenvalue weighted by molar-refractivity contribution is -0.286. The lowest BCUT2D eigenvalue weighted by atomic mass is 10.2. The van der Waals surface area contributed by atoms with Crippen molar-refractivity contribution in [1.29, 1.82) is 0 Å². The Balaban J connectivity index is 1.82. The zero-order chi connectivity index (χ0) is 16.6. The van der Waals surface area contributed by atoms with Crippen LogP contribution in [-0.2, 0) is 0 Å². The van der Waals surface area contributed by atoms with Crippen LogP contribution in [0.15, 0.2) is 41.3 Å². The monoisotopic (exact) mass is 357 g/mol. The number of nitrogens with one attached hydrogen (secondary N) is 1. The van der Waals surface area contributed by atoms with E-state index in [-0.39, 0.29) is 11.5 Å². The van der Waals surface area contributed by atoms with Crippen molar-refractivity contribution in [2.24, 2.45) is 0 Å². The molecule has 0 aliphatic carbocycles. The van der Waals surface area contributed by atoms with E-state index in [1.165, 1.54) is 30.0 Å². The van der Waals surface area contributed by atoms with Crippen LogP contribution in [0.4, 0.5) is 14.5 Å². The first kappa shape index (κ1) is 15.9. The Kier molecular flexibility index (Phi) is 4.08. The van der Waals surface area contributed by atoms with E-state index < -0.39 is 12.2 Å². The van der Waals surface area contributed by atoms with Crippen molar-refractivity contribution in [3.05, 3.63) is 47.0 Å². The third kappa shape index (κ3) is 3.35. The maximum atomic E-state index is 13.0. The molecule has 1 N–H and O–H groups in total. The van der Waals surface area contributed by atoms with Gasteiger partial charge in [-0.2, -0.15) is 0 Å². The second-order valence-corrected chi connectivity index (χ2v) is 5.92. The van der Waals surface area contributed by atoms with Gasteiger partial charge in [0.1, 0.15) is 0 Å². The highest BCUT2D eigenvalue weighted by molar-refractivity contribution is 7.98. The molecule has 0 saturated carbocycles. The van der Waals surface area contributed by atoms with E-state index in [2.05, 4.69) is 14.8 Å². The molecular weight excluding hydrogens is 348 g/mol. The third-order valence-electron chi connectivity index (χ3n) is 3.08. The van der Waals surface area contributed by atoms with E-state index in [9.17, 15) is 13.6 Å². The molecule has 0 unspecified atom stereocenters. The molecule has 1 amide bonds. The Morgan fingerprint density at radius 1 is 1.17 bits per heavy atom. The summed E-state index contributed by atoms with van der Waals surface area (Å²) in [6, 6.07) is 9.08. The molecule has 1 aliphatic heterocycles. The van der Waals surface area contributed by atoms with Gasteiger partial charge in [0.05, 0.1) is 10.6 Å². The van der Waals surface area contributed by atoms with Gasteiger partial charge in [0.25, 0.3) is 5.91 Å². The number of alkyl halides is 2. The Bertz CT molecular complexity index is 785. The molecule has 0 saturated heterocycles. The average Bonchev–Trinajstić information content (AvgIpc) is 2.80. The standard InChI is InChI=1S/C15H10ClF2NO3S/c1-23-9-3-4-11(16)10(7-9)14(20)19-8-2-5-12-13(6-8)22-15(17,18)21-12/h2-7H,1H3,(H,19,20). The predicted molar refractivity (Wildman–Crippen MR) is 83.8 cm³/mol. The smallest absolute Gasteiger partial charge is 0.395 e. The van der Waals surface area contributed by atoms with Crippen molar-refractivity contribution < 1.29 is 23.0 Å². The molecule has 4 nitrogen and oxygen atoms in total. The number of carbonyl (C=O) groups excluding carboxylic acids is 1. The predicted octanol–water partition coefficient (Wildman–Crippen LogP) is 4.64. The molecule has 2 aromatic carbocycles. The van der Waals surface area contributed by atoms with Gasteiger partial charge < -0.3 is 14.8 Å².